The normalized spacial score (nSPS) is 16.8. The number of aryl methyl sites for hydroxylation is 1. The first-order chi connectivity index (χ1) is 9.75. The zero-order valence-electron chi connectivity index (χ0n) is 12.6. The van der Waals surface area contributed by atoms with Crippen LogP contribution in [0, 0.1) is 19.8 Å². The molecule has 1 aliphatic rings. The Kier molecular flexibility index (Phi) is 4.43. The van der Waals surface area contributed by atoms with E-state index in [1.54, 1.807) is 14.0 Å². The lowest BCUT2D eigenvalue weighted by Gasteiger charge is -2.21. The number of carbonyl (C=O) groups is 1. The van der Waals surface area contributed by atoms with E-state index in [1.807, 2.05) is 0 Å². The Labute approximate surface area is 125 Å². The predicted octanol–water partition coefficient (Wildman–Crippen LogP) is 2.14. The fourth-order valence-electron chi connectivity index (χ4n) is 3.14. The van der Waals surface area contributed by atoms with Crippen molar-refractivity contribution in [2.45, 2.75) is 44.4 Å². The largest absolute Gasteiger partial charge is 0.477 e. The fraction of sp³-hybridized carbons (Fsp3) is 0.643. The van der Waals surface area contributed by atoms with Crippen LogP contribution in [0.15, 0.2) is 4.90 Å². The van der Waals surface area contributed by atoms with Crippen LogP contribution in [0.1, 0.15) is 47.4 Å². The van der Waals surface area contributed by atoms with Crippen molar-refractivity contribution in [2.24, 2.45) is 5.92 Å². The molecule has 0 atom stereocenters. The van der Waals surface area contributed by atoms with Gasteiger partial charge in [0, 0.05) is 24.8 Å². The molecule has 0 saturated heterocycles. The van der Waals surface area contributed by atoms with Crippen LogP contribution in [0.25, 0.3) is 0 Å². The van der Waals surface area contributed by atoms with Crippen LogP contribution in [-0.4, -0.2) is 42.4 Å². The molecule has 0 unspecified atom stereocenters. The van der Waals surface area contributed by atoms with Crippen molar-refractivity contribution in [3.05, 3.63) is 17.0 Å². The highest BCUT2D eigenvalue weighted by molar-refractivity contribution is 7.89. The highest BCUT2D eigenvalue weighted by Gasteiger charge is 2.31. The van der Waals surface area contributed by atoms with Gasteiger partial charge in [0.2, 0.25) is 10.0 Å². The van der Waals surface area contributed by atoms with Crippen molar-refractivity contribution in [1.82, 2.24) is 9.29 Å². The van der Waals surface area contributed by atoms with Crippen molar-refractivity contribution in [3.63, 3.8) is 0 Å². The molecule has 2 N–H and O–H groups in total. The van der Waals surface area contributed by atoms with E-state index in [-0.39, 0.29) is 16.2 Å². The number of hydrogen-bond acceptors (Lipinski definition) is 3. The molecule has 1 heterocycles. The standard InChI is InChI=1S/C14H22N2O4S/c1-9-12(14(17)18)15-10(2)13(9)21(19,20)16(3)8-11-6-4-5-7-11/h11,15H,4-8H2,1-3H3,(H,17,18). The van der Waals surface area contributed by atoms with Crippen LogP contribution in [0.4, 0.5) is 0 Å². The molecule has 0 spiro atoms. The number of rotatable bonds is 5. The third-order valence-corrected chi connectivity index (χ3v) is 6.34. The Bertz CT molecular complexity index is 642. The molecule has 0 aromatic carbocycles. The summed E-state index contributed by atoms with van der Waals surface area (Å²) in [4.78, 5) is 13.9. The number of hydrogen-bond donors (Lipinski definition) is 2. The summed E-state index contributed by atoms with van der Waals surface area (Å²) in [6.07, 6.45) is 4.44. The fourth-order valence-corrected chi connectivity index (χ4v) is 4.79. The van der Waals surface area contributed by atoms with Gasteiger partial charge in [-0.25, -0.2) is 17.5 Å². The molecule has 1 aliphatic carbocycles. The average Bonchev–Trinajstić information content (AvgIpc) is 2.97. The van der Waals surface area contributed by atoms with E-state index in [1.165, 1.54) is 11.2 Å². The second-order valence-corrected chi connectivity index (χ2v) is 7.80. The van der Waals surface area contributed by atoms with E-state index in [9.17, 15) is 13.2 Å². The van der Waals surface area contributed by atoms with Crippen LogP contribution in [0.5, 0.6) is 0 Å². The maximum absolute atomic E-state index is 12.7. The Morgan fingerprint density at radius 3 is 2.38 bits per heavy atom. The highest BCUT2D eigenvalue weighted by Crippen LogP contribution is 2.29. The van der Waals surface area contributed by atoms with Crippen LogP contribution < -0.4 is 0 Å². The number of nitrogens with one attached hydrogen (secondary N) is 1. The SMILES string of the molecule is Cc1[nH]c(C(=O)O)c(C)c1S(=O)(=O)N(C)CC1CCCC1. The second-order valence-electron chi connectivity index (χ2n) is 5.82. The first-order valence-electron chi connectivity index (χ1n) is 7.14. The lowest BCUT2D eigenvalue weighted by Crippen LogP contribution is -2.31. The number of carboxylic acids is 1. The number of H-pyrrole nitrogens is 1. The molecule has 1 fully saturated rings. The maximum atomic E-state index is 12.7. The number of aromatic amines is 1. The van der Waals surface area contributed by atoms with E-state index in [0.717, 1.165) is 25.7 Å². The molecule has 2 rings (SSSR count). The Balaban J connectivity index is 2.32. The molecule has 1 saturated carbocycles. The monoisotopic (exact) mass is 314 g/mol. The van der Waals surface area contributed by atoms with Gasteiger partial charge in [-0.15, -0.1) is 0 Å². The van der Waals surface area contributed by atoms with Gasteiger partial charge >= 0.3 is 5.97 Å². The molecule has 118 valence electrons. The van der Waals surface area contributed by atoms with Gasteiger partial charge in [-0.1, -0.05) is 12.8 Å². The van der Waals surface area contributed by atoms with E-state index >= 15 is 0 Å². The predicted molar refractivity (Wildman–Crippen MR) is 79.0 cm³/mol. The number of sulfonamides is 1. The lowest BCUT2D eigenvalue weighted by atomic mass is 10.1. The zero-order chi connectivity index (χ0) is 15.8. The quantitative estimate of drug-likeness (QED) is 0.871. The molecule has 0 bridgehead atoms. The summed E-state index contributed by atoms with van der Waals surface area (Å²) >= 11 is 0. The minimum absolute atomic E-state index is 0.0552. The average molecular weight is 314 g/mol. The number of aromatic carboxylic acids is 1. The van der Waals surface area contributed by atoms with Crippen molar-refractivity contribution >= 4 is 16.0 Å². The molecular weight excluding hydrogens is 292 g/mol. The first-order valence-corrected chi connectivity index (χ1v) is 8.58. The van der Waals surface area contributed by atoms with Gasteiger partial charge in [0.25, 0.3) is 0 Å². The van der Waals surface area contributed by atoms with Gasteiger partial charge in [0.05, 0.1) is 0 Å². The summed E-state index contributed by atoms with van der Waals surface area (Å²) in [5.41, 5.74) is 0.599. The van der Waals surface area contributed by atoms with Gasteiger partial charge in [0.1, 0.15) is 10.6 Å². The van der Waals surface area contributed by atoms with Crippen LogP contribution >= 0.6 is 0 Å². The Morgan fingerprint density at radius 2 is 1.90 bits per heavy atom. The smallest absolute Gasteiger partial charge is 0.352 e. The topological polar surface area (TPSA) is 90.5 Å². The molecule has 7 heteroatoms. The summed E-state index contributed by atoms with van der Waals surface area (Å²) in [5.74, 6) is -0.737. The molecule has 1 aromatic heterocycles. The van der Waals surface area contributed by atoms with Crippen LogP contribution in [0.3, 0.4) is 0 Å². The number of carboxylic acid groups (broad SMARTS) is 1. The second kappa shape index (κ2) is 5.81. The highest BCUT2D eigenvalue weighted by atomic mass is 32.2. The molecule has 21 heavy (non-hydrogen) atoms. The van der Waals surface area contributed by atoms with Gasteiger partial charge in [-0.2, -0.15) is 0 Å². The van der Waals surface area contributed by atoms with Gasteiger partial charge in [0.15, 0.2) is 0 Å². The van der Waals surface area contributed by atoms with E-state index in [0.29, 0.717) is 18.2 Å². The number of aromatic nitrogens is 1. The molecular formula is C14H22N2O4S. The summed E-state index contributed by atoms with van der Waals surface area (Å²) < 4.78 is 26.8. The van der Waals surface area contributed by atoms with Crippen molar-refractivity contribution in [1.29, 1.82) is 0 Å². The summed E-state index contributed by atoms with van der Waals surface area (Å²) in [5, 5.41) is 9.10. The molecule has 0 radical (unpaired) electrons. The summed E-state index contributed by atoms with van der Waals surface area (Å²) in [7, 11) is -2.09. The lowest BCUT2D eigenvalue weighted by molar-refractivity contribution is 0.0690. The minimum atomic E-state index is -3.66. The first kappa shape index (κ1) is 16.0. The van der Waals surface area contributed by atoms with E-state index in [2.05, 4.69) is 4.98 Å². The summed E-state index contributed by atoms with van der Waals surface area (Å²) in [6.45, 7) is 3.62. The van der Waals surface area contributed by atoms with Gasteiger partial charge in [-0.05, 0) is 32.6 Å². The molecule has 0 aliphatic heterocycles. The van der Waals surface area contributed by atoms with E-state index in [4.69, 9.17) is 5.11 Å². The third-order valence-electron chi connectivity index (χ3n) is 4.24. The van der Waals surface area contributed by atoms with E-state index < -0.39 is 16.0 Å². The molecule has 1 aromatic rings. The van der Waals surface area contributed by atoms with Crippen molar-refractivity contribution in [2.75, 3.05) is 13.6 Å². The van der Waals surface area contributed by atoms with Crippen LogP contribution in [-0.2, 0) is 10.0 Å². The van der Waals surface area contributed by atoms with Crippen molar-refractivity contribution in [3.8, 4) is 0 Å². The summed E-state index contributed by atoms with van der Waals surface area (Å²) in [6, 6.07) is 0. The molecule has 0 amide bonds. The van der Waals surface area contributed by atoms with Gasteiger partial charge in [-0.3, -0.25) is 0 Å². The third kappa shape index (κ3) is 2.98. The van der Waals surface area contributed by atoms with Crippen molar-refractivity contribution < 1.29 is 18.3 Å². The Morgan fingerprint density at radius 1 is 1.33 bits per heavy atom. The maximum Gasteiger partial charge on any atom is 0.352 e. The van der Waals surface area contributed by atoms with Crippen LogP contribution in [0.2, 0.25) is 0 Å². The minimum Gasteiger partial charge on any atom is -0.477 e. The molecule has 6 nitrogen and oxygen atoms in total. The van der Waals surface area contributed by atoms with Gasteiger partial charge < -0.3 is 10.1 Å². The number of nitrogens with zero attached hydrogens (tertiary/aromatic N) is 1. The zero-order valence-corrected chi connectivity index (χ0v) is 13.5. The Hall–Kier alpha value is -1.34.